The summed E-state index contributed by atoms with van der Waals surface area (Å²) >= 11 is 6.64. The summed E-state index contributed by atoms with van der Waals surface area (Å²) in [6.45, 7) is 3.14. The van der Waals surface area contributed by atoms with Crippen LogP contribution in [0.5, 0.6) is 0 Å². The van der Waals surface area contributed by atoms with Gasteiger partial charge in [-0.15, -0.1) is 0 Å². The van der Waals surface area contributed by atoms with Gasteiger partial charge in [0.05, 0.1) is 16.8 Å². The lowest BCUT2D eigenvalue weighted by Gasteiger charge is -2.36. The lowest BCUT2D eigenvalue weighted by molar-refractivity contribution is -0.128. The Bertz CT molecular complexity index is 1370. The van der Waals surface area contributed by atoms with Gasteiger partial charge in [-0.2, -0.15) is 10.4 Å². The Morgan fingerprint density at radius 3 is 2.77 bits per heavy atom. The largest absolute Gasteiger partial charge is 0.359 e. The van der Waals surface area contributed by atoms with Gasteiger partial charge in [-0.1, -0.05) is 23.2 Å². The van der Waals surface area contributed by atoms with Gasteiger partial charge in [-0.05, 0) is 65.5 Å². The van der Waals surface area contributed by atoms with Crippen LogP contribution in [-0.4, -0.2) is 55.2 Å². The minimum atomic E-state index is -0.567. The number of likely N-dealkylation sites (tertiary alicyclic amines) is 1. The molecule has 35 heavy (non-hydrogen) atoms. The van der Waals surface area contributed by atoms with Crippen molar-refractivity contribution in [2.75, 3.05) is 13.6 Å². The number of nitrogens with zero attached hydrogens (tertiary/aromatic N) is 7. The number of nitriles is 1. The fraction of sp³-hybridized carbons (Fsp3) is 0.600. The summed E-state index contributed by atoms with van der Waals surface area (Å²) in [4.78, 5) is 24.7. The molecule has 182 valence electrons. The molecule has 0 N–H and O–H groups in total. The Morgan fingerprint density at radius 2 is 2.03 bits per heavy atom. The fourth-order valence-electron chi connectivity index (χ4n) is 6.54. The summed E-state index contributed by atoms with van der Waals surface area (Å²) in [5.41, 5.74) is 1.64. The van der Waals surface area contributed by atoms with Gasteiger partial charge in [0.1, 0.15) is 17.0 Å². The lowest BCUT2D eigenvalue weighted by Crippen LogP contribution is -2.41. The van der Waals surface area contributed by atoms with Crippen molar-refractivity contribution in [3.63, 3.8) is 0 Å². The van der Waals surface area contributed by atoms with E-state index < -0.39 is 5.41 Å². The molecule has 1 saturated heterocycles. The average Bonchev–Trinajstić information content (AvgIpc) is 3.57. The second kappa shape index (κ2) is 8.38. The summed E-state index contributed by atoms with van der Waals surface area (Å²) in [7, 11) is 2.11. The minimum Gasteiger partial charge on any atom is -0.359 e. The van der Waals surface area contributed by atoms with Crippen LogP contribution in [0.1, 0.15) is 81.3 Å². The molecular formula is C25H28ClN7O2. The first kappa shape index (κ1) is 22.6. The number of hydrogen-bond donors (Lipinski definition) is 0. The van der Waals surface area contributed by atoms with E-state index in [0.717, 1.165) is 63.5 Å². The van der Waals surface area contributed by atoms with Crippen LogP contribution in [0.15, 0.2) is 4.52 Å². The highest BCUT2D eigenvalue weighted by Gasteiger charge is 2.48. The van der Waals surface area contributed by atoms with Crippen molar-refractivity contribution in [1.29, 1.82) is 5.26 Å². The molecule has 2 fully saturated rings. The van der Waals surface area contributed by atoms with Crippen LogP contribution in [0.4, 0.5) is 0 Å². The molecule has 3 aliphatic rings. The molecule has 1 saturated carbocycles. The standard InChI is InChI=1S/C25H28ClN7O2/c1-14(17-8-6-12-32(17)2)33-24-19(16(13-27)30-33)22(26)28-23(29-24)20-15-7-5-11-25(21(15)35-31-20)10-4-3-9-18(25)34/h14,17H,3-12H2,1-2H3/t14-,17-,25+/m0/s1. The third-order valence-corrected chi connectivity index (χ3v) is 8.66. The molecule has 1 aliphatic heterocycles. The van der Waals surface area contributed by atoms with Crippen molar-refractivity contribution >= 4 is 28.4 Å². The van der Waals surface area contributed by atoms with Gasteiger partial charge in [0.2, 0.25) is 0 Å². The normalized spacial score (nSPS) is 25.8. The zero-order valence-electron chi connectivity index (χ0n) is 20.1. The van der Waals surface area contributed by atoms with E-state index in [9.17, 15) is 10.1 Å². The first-order valence-electron chi connectivity index (χ1n) is 12.5. The average molecular weight is 494 g/mol. The number of Topliss-reactive ketones (excluding diaryl/α,β-unsaturated/α-hetero) is 1. The maximum atomic E-state index is 13.0. The van der Waals surface area contributed by atoms with Gasteiger partial charge < -0.3 is 9.42 Å². The Morgan fingerprint density at radius 1 is 1.20 bits per heavy atom. The van der Waals surface area contributed by atoms with Crippen molar-refractivity contribution in [3.05, 3.63) is 22.2 Å². The molecule has 4 heterocycles. The van der Waals surface area contributed by atoms with E-state index >= 15 is 0 Å². The maximum Gasteiger partial charge on any atom is 0.185 e. The maximum absolute atomic E-state index is 13.0. The number of carbonyl (C=O) groups is 1. The zero-order valence-corrected chi connectivity index (χ0v) is 20.8. The van der Waals surface area contributed by atoms with Crippen molar-refractivity contribution < 1.29 is 9.32 Å². The van der Waals surface area contributed by atoms with Crippen LogP contribution >= 0.6 is 11.6 Å². The molecule has 3 aromatic heterocycles. The van der Waals surface area contributed by atoms with Crippen LogP contribution in [-0.2, 0) is 16.6 Å². The Kier molecular flexibility index (Phi) is 5.42. The van der Waals surface area contributed by atoms with E-state index in [1.165, 1.54) is 0 Å². The van der Waals surface area contributed by atoms with Crippen molar-refractivity contribution in [2.24, 2.45) is 0 Å². The number of aromatic nitrogens is 5. The van der Waals surface area contributed by atoms with Crippen LogP contribution in [0, 0.1) is 11.3 Å². The summed E-state index contributed by atoms with van der Waals surface area (Å²) in [6.07, 6.45) is 7.98. The lowest BCUT2D eigenvalue weighted by atomic mass is 9.64. The first-order chi connectivity index (χ1) is 16.9. The van der Waals surface area contributed by atoms with E-state index in [-0.39, 0.29) is 22.7 Å². The molecule has 2 aliphatic carbocycles. The number of fused-ring (bicyclic) bond motifs is 3. The highest BCUT2D eigenvalue weighted by Crippen LogP contribution is 2.47. The van der Waals surface area contributed by atoms with E-state index in [1.807, 2.05) is 4.68 Å². The molecule has 3 aromatic rings. The van der Waals surface area contributed by atoms with Gasteiger partial charge in [0, 0.05) is 18.0 Å². The molecule has 0 radical (unpaired) electrons. The van der Waals surface area contributed by atoms with Crippen molar-refractivity contribution in [1.82, 2.24) is 29.8 Å². The molecule has 0 bridgehead atoms. The summed E-state index contributed by atoms with van der Waals surface area (Å²) < 4.78 is 7.70. The third-order valence-electron chi connectivity index (χ3n) is 8.39. The molecule has 1 spiro atoms. The monoisotopic (exact) mass is 493 g/mol. The second-order valence-electron chi connectivity index (χ2n) is 10.3. The Hall–Kier alpha value is -2.83. The van der Waals surface area contributed by atoms with Gasteiger partial charge in [-0.3, -0.25) is 4.79 Å². The Labute approximate surface area is 208 Å². The Balaban J connectivity index is 1.49. The minimum absolute atomic E-state index is 0.000250. The number of likely N-dealkylation sites (N-methyl/N-ethyl adjacent to an activating group) is 1. The van der Waals surface area contributed by atoms with Crippen molar-refractivity contribution in [2.45, 2.75) is 82.2 Å². The molecule has 0 unspecified atom stereocenters. The number of halogens is 1. The molecule has 0 aromatic carbocycles. The summed E-state index contributed by atoms with van der Waals surface area (Å²) in [6, 6.07) is 2.44. The van der Waals surface area contributed by atoms with Gasteiger partial charge in [-0.25, -0.2) is 14.6 Å². The smallest absolute Gasteiger partial charge is 0.185 e. The van der Waals surface area contributed by atoms with Crippen LogP contribution in [0.25, 0.3) is 22.6 Å². The number of carbonyl (C=O) groups excluding carboxylic acids is 1. The van der Waals surface area contributed by atoms with Crippen LogP contribution in [0.2, 0.25) is 5.15 Å². The fourth-order valence-corrected chi connectivity index (χ4v) is 6.80. The van der Waals surface area contributed by atoms with Gasteiger partial charge in [0.25, 0.3) is 0 Å². The molecule has 9 nitrogen and oxygen atoms in total. The predicted molar refractivity (Wildman–Crippen MR) is 129 cm³/mol. The highest BCUT2D eigenvalue weighted by atomic mass is 35.5. The number of ketones is 1. The quantitative estimate of drug-likeness (QED) is 0.494. The highest BCUT2D eigenvalue weighted by molar-refractivity contribution is 6.34. The molecule has 10 heteroatoms. The summed E-state index contributed by atoms with van der Waals surface area (Å²) in [5, 5.41) is 19.3. The molecule has 6 rings (SSSR count). The SMILES string of the molecule is C[C@@H]([C@@H]1CCCN1C)n1nc(C#N)c2c(Cl)nc(-c3noc4c3CCC[C@@]43CCCCC3=O)nc21. The van der Waals surface area contributed by atoms with Gasteiger partial charge >= 0.3 is 0 Å². The number of rotatable bonds is 3. The van der Waals surface area contributed by atoms with E-state index in [4.69, 9.17) is 21.1 Å². The molecule has 3 atom stereocenters. The van der Waals surface area contributed by atoms with Crippen molar-refractivity contribution in [3.8, 4) is 17.6 Å². The predicted octanol–water partition coefficient (Wildman–Crippen LogP) is 4.38. The zero-order chi connectivity index (χ0) is 24.3. The van der Waals surface area contributed by atoms with E-state index in [2.05, 4.69) is 40.2 Å². The third kappa shape index (κ3) is 3.34. The summed E-state index contributed by atoms with van der Waals surface area (Å²) in [5.74, 6) is 1.30. The molecule has 0 amide bonds. The van der Waals surface area contributed by atoms with E-state index in [0.29, 0.717) is 40.8 Å². The van der Waals surface area contributed by atoms with Gasteiger partial charge in [0.15, 0.2) is 28.6 Å². The molecular weight excluding hydrogens is 466 g/mol. The topological polar surface area (TPSA) is 114 Å². The van der Waals surface area contributed by atoms with Crippen LogP contribution in [0.3, 0.4) is 0 Å². The first-order valence-corrected chi connectivity index (χ1v) is 12.9. The van der Waals surface area contributed by atoms with E-state index in [1.54, 1.807) is 0 Å². The second-order valence-corrected chi connectivity index (χ2v) is 10.6. The number of hydrogen-bond acceptors (Lipinski definition) is 8. The van der Waals surface area contributed by atoms with Crippen LogP contribution < -0.4 is 0 Å².